The number of aromatic hydroxyl groups is 1. The van der Waals surface area contributed by atoms with Gasteiger partial charge in [-0.2, -0.15) is 0 Å². The maximum Gasteiger partial charge on any atom is 0.311 e. The summed E-state index contributed by atoms with van der Waals surface area (Å²) in [5.74, 6) is 2.05. The lowest BCUT2D eigenvalue weighted by atomic mass is 9.55. The molecule has 2 saturated carbocycles. The van der Waals surface area contributed by atoms with E-state index in [9.17, 15) is 15.0 Å². The molecule has 4 rings (SSSR count). The number of phenolic OH excluding ortho intramolecular Hbond substituents is 1. The Morgan fingerprint density at radius 1 is 0.895 bits per heavy atom. The van der Waals surface area contributed by atoms with Gasteiger partial charge in [0.25, 0.3) is 0 Å². The molecule has 0 aliphatic heterocycles. The van der Waals surface area contributed by atoms with Crippen LogP contribution in [0.25, 0.3) is 0 Å². The number of rotatable bonds is 15. The van der Waals surface area contributed by atoms with Crippen LogP contribution in [-0.2, 0) is 11.2 Å². The lowest BCUT2D eigenvalue weighted by molar-refractivity contribution is -0.134. The summed E-state index contributed by atoms with van der Waals surface area (Å²) in [6.45, 7) is 4.56. The Morgan fingerprint density at radius 2 is 1.53 bits per heavy atom. The number of aliphatic hydroxyl groups is 1. The smallest absolute Gasteiger partial charge is 0.311 e. The van der Waals surface area contributed by atoms with E-state index in [-0.39, 0.29) is 23.2 Å². The van der Waals surface area contributed by atoms with Crippen LogP contribution < -0.4 is 4.74 Å². The van der Waals surface area contributed by atoms with E-state index in [0.717, 1.165) is 56.9 Å². The van der Waals surface area contributed by atoms with Crippen molar-refractivity contribution in [3.63, 3.8) is 0 Å². The molecule has 214 valence electrons. The number of carbonyl (C=O) groups excluding carboxylic acids is 1. The number of esters is 1. The standard InChI is InChI=1S/C34H54O4/c1-3-4-5-6-7-8-9-10-11-12-13-14-15-16-32(37)38-30-24-26(35)23-25-17-18-27-28(33(25)30)21-22-34(2)29(27)19-20-31(34)36/h23-24,27-29,31,35-36H,3-22H2,1-2H3/t27-,28+,29+,31-,34+/m1/s1. The first-order chi connectivity index (χ1) is 18.4. The molecule has 1 aromatic carbocycles. The van der Waals surface area contributed by atoms with E-state index in [1.807, 2.05) is 6.07 Å². The molecule has 0 bridgehead atoms. The van der Waals surface area contributed by atoms with Crippen molar-refractivity contribution < 1.29 is 19.7 Å². The quantitative estimate of drug-likeness (QED) is 0.136. The molecule has 0 spiro atoms. The monoisotopic (exact) mass is 526 g/mol. The molecule has 38 heavy (non-hydrogen) atoms. The minimum absolute atomic E-state index is 0.0284. The number of phenols is 1. The molecule has 2 N–H and O–H groups in total. The maximum absolute atomic E-state index is 12.8. The summed E-state index contributed by atoms with van der Waals surface area (Å²) >= 11 is 0. The van der Waals surface area contributed by atoms with E-state index < -0.39 is 0 Å². The zero-order chi connectivity index (χ0) is 27.0. The summed E-state index contributed by atoms with van der Waals surface area (Å²) in [7, 11) is 0. The normalized spacial score (nSPS) is 28.0. The number of aliphatic hydroxyl groups excluding tert-OH is 1. The van der Waals surface area contributed by atoms with Gasteiger partial charge in [0.15, 0.2) is 0 Å². The number of ether oxygens (including phenoxy) is 1. The maximum atomic E-state index is 12.8. The second kappa shape index (κ2) is 14.2. The van der Waals surface area contributed by atoms with E-state index in [4.69, 9.17) is 4.74 Å². The molecule has 5 atom stereocenters. The van der Waals surface area contributed by atoms with Gasteiger partial charge in [-0.1, -0.05) is 90.9 Å². The molecule has 4 heteroatoms. The molecule has 0 radical (unpaired) electrons. The van der Waals surface area contributed by atoms with E-state index >= 15 is 0 Å². The van der Waals surface area contributed by atoms with Crippen LogP contribution >= 0.6 is 0 Å². The van der Waals surface area contributed by atoms with E-state index in [2.05, 4.69) is 13.8 Å². The highest BCUT2D eigenvalue weighted by atomic mass is 16.5. The molecule has 0 aromatic heterocycles. The molecular formula is C34H54O4. The molecule has 0 amide bonds. The minimum atomic E-state index is -0.188. The van der Waals surface area contributed by atoms with Crippen LogP contribution in [0.2, 0.25) is 0 Å². The first-order valence-corrected chi connectivity index (χ1v) is 16.2. The number of fused-ring (bicyclic) bond motifs is 5. The van der Waals surface area contributed by atoms with Gasteiger partial charge in [0.05, 0.1) is 6.10 Å². The number of hydrogen-bond donors (Lipinski definition) is 2. The van der Waals surface area contributed by atoms with Crippen molar-refractivity contribution in [1.82, 2.24) is 0 Å². The average Bonchev–Trinajstić information content (AvgIpc) is 3.20. The lowest BCUT2D eigenvalue weighted by Crippen LogP contribution is -2.44. The SMILES string of the molecule is CCCCCCCCCCCCCCCC(=O)Oc1cc(O)cc2c1[C@H]1CC[C@]3(C)[C@H](O)CC[C@H]3[C@@H]1CC2. The number of benzene rings is 1. The molecule has 0 saturated heterocycles. The second-order valence-electron chi connectivity index (χ2n) is 13.0. The zero-order valence-corrected chi connectivity index (χ0v) is 24.3. The Balaban J connectivity index is 1.20. The average molecular weight is 527 g/mol. The number of aryl methyl sites for hydroxylation is 1. The molecule has 0 heterocycles. The van der Waals surface area contributed by atoms with Crippen molar-refractivity contribution in [3.8, 4) is 11.5 Å². The van der Waals surface area contributed by atoms with Crippen molar-refractivity contribution in [2.45, 2.75) is 154 Å². The number of hydrogen-bond acceptors (Lipinski definition) is 4. The molecule has 3 aliphatic carbocycles. The summed E-state index contributed by atoms with van der Waals surface area (Å²) < 4.78 is 5.96. The molecule has 1 aromatic rings. The molecule has 0 unspecified atom stereocenters. The number of unbranched alkanes of at least 4 members (excludes halogenated alkanes) is 12. The highest BCUT2D eigenvalue weighted by Gasteiger charge is 2.54. The highest BCUT2D eigenvalue weighted by molar-refractivity contribution is 5.73. The first-order valence-electron chi connectivity index (χ1n) is 16.2. The third-order valence-corrected chi connectivity index (χ3v) is 10.4. The summed E-state index contributed by atoms with van der Waals surface area (Å²) in [6.07, 6.45) is 23.1. The lowest BCUT2D eigenvalue weighted by Gasteiger charge is -2.50. The summed E-state index contributed by atoms with van der Waals surface area (Å²) in [6, 6.07) is 3.55. The van der Waals surface area contributed by atoms with Gasteiger partial charge >= 0.3 is 5.97 Å². The fourth-order valence-corrected chi connectivity index (χ4v) is 8.18. The van der Waals surface area contributed by atoms with Crippen LogP contribution in [0.5, 0.6) is 11.5 Å². The van der Waals surface area contributed by atoms with E-state index in [1.54, 1.807) is 6.07 Å². The topological polar surface area (TPSA) is 66.8 Å². The third-order valence-electron chi connectivity index (χ3n) is 10.4. The zero-order valence-electron chi connectivity index (χ0n) is 24.3. The predicted octanol–water partition coefficient (Wildman–Crippen LogP) is 9.00. The summed E-state index contributed by atoms with van der Waals surface area (Å²) in [5, 5.41) is 21.1. The Hall–Kier alpha value is -1.55. The Kier molecular flexibility index (Phi) is 11.0. The van der Waals surface area contributed by atoms with Crippen LogP contribution in [0.3, 0.4) is 0 Å². The van der Waals surface area contributed by atoms with Gasteiger partial charge in [-0.25, -0.2) is 0 Å². The molecule has 3 aliphatic rings. The molecule has 4 nitrogen and oxygen atoms in total. The van der Waals surface area contributed by atoms with Gasteiger partial charge in [-0.05, 0) is 79.7 Å². The van der Waals surface area contributed by atoms with Crippen molar-refractivity contribution >= 4 is 5.97 Å². The van der Waals surface area contributed by atoms with Gasteiger partial charge in [-0.3, -0.25) is 4.79 Å². The van der Waals surface area contributed by atoms with Crippen molar-refractivity contribution in [1.29, 1.82) is 0 Å². The van der Waals surface area contributed by atoms with Crippen molar-refractivity contribution in [3.05, 3.63) is 23.3 Å². The van der Waals surface area contributed by atoms with Crippen molar-refractivity contribution in [2.24, 2.45) is 17.3 Å². The Labute approximate surface area is 231 Å². The van der Waals surface area contributed by atoms with Gasteiger partial charge in [0.2, 0.25) is 0 Å². The highest BCUT2D eigenvalue weighted by Crippen LogP contribution is 2.62. The van der Waals surface area contributed by atoms with Gasteiger partial charge in [0.1, 0.15) is 11.5 Å². The Bertz CT molecular complexity index is 895. The van der Waals surface area contributed by atoms with E-state index in [0.29, 0.717) is 29.9 Å². The second-order valence-corrected chi connectivity index (χ2v) is 13.0. The largest absolute Gasteiger partial charge is 0.508 e. The van der Waals surface area contributed by atoms with Crippen LogP contribution in [0, 0.1) is 17.3 Å². The van der Waals surface area contributed by atoms with Gasteiger partial charge in [0, 0.05) is 18.1 Å². The Morgan fingerprint density at radius 3 is 2.18 bits per heavy atom. The van der Waals surface area contributed by atoms with Crippen molar-refractivity contribution in [2.75, 3.05) is 0 Å². The fraction of sp³-hybridized carbons (Fsp3) is 0.794. The minimum Gasteiger partial charge on any atom is -0.508 e. The van der Waals surface area contributed by atoms with E-state index in [1.165, 1.54) is 76.2 Å². The first kappa shape index (κ1) is 29.4. The van der Waals surface area contributed by atoms with Crippen LogP contribution in [0.15, 0.2) is 12.1 Å². The summed E-state index contributed by atoms with van der Waals surface area (Å²) in [4.78, 5) is 12.8. The fourth-order valence-electron chi connectivity index (χ4n) is 8.18. The molecular weight excluding hydrogens is 472 g/mol. The molecule has 2 fully saturated rings. The van der Waals surface area contributed by atoms with Crippen LogP contribution in [0.4, 0.5) is 0 Å². The number of carbonyl (C=O) groups is 1. The summed E-state index contributed by atoms with van der Waals surface area (Å²) in [5.41, 5.74) is 2.35. The van der Waals surface area contributed by atoms with Crippen LogP contribution in [-0.4, -0.2) is 22.3 Å². The predicted molar refractivity (Wildman–Crippen MR) is 155 cm³/mol. The van der Waals surface area contributed by atoms with Gasteiger partial charge < -0.3 is 14.9 Å². The van der Waals surface area contributed by atoms with Gasteiger partial charge in [-0.15, -0.1) is 0 Å². The third kappa shape index (κ3) is 7.14. The van der Waals surface area contributed by atoms with Crippen LogP contribution in [0.1, 0.15) is 153 Å².